The van der Waals surface area contributed by atoms with Crippen LogP contribution in [-0.2, 0) is 16.6 Å². The number of nitrogens with one attached hydrogen (secondary N) is 1. The number of fused-ring (bicyclic) bond motifs is 4. The first-order valence-electron chi connectivity index (χ1n) is 13.4. The predicted octanol–water partition coefficient (Wildman–Crippen LogP) is 1.32. The number of ether oxygens (including phenoxy) is 2. The van der Waals surface area contributed by atoms with Crippen molar-refractivity contribution in [2.45, 2.75) is 19.3 Å². The molecule has 0 radical (unpaired) electrons. The number of rotatable bonds is 3. The zero-order chi connectivity index (χ0) is 30.2. The largest absolute Gasteiger partial charge is 0.493 e. The van der Waals surface area contributed by atoms with Crippen molar-refractivity contribution in [1.29, 1.82) is 0 Å². The van der Waals surface area contributed by atoms with Gasteiger partial charge in [0.05, 0.1) is 25.9 Å². The Balaban J connectivity index is 0.00000129. The van der Waals surface area contributed by atoms with Crippen molar-refractivity contribution < 1.29 is 38.2 Å². The summed E-state index contributed by atoms with van der Waals surface area (Å²) < 4.78 is 18.6. The molecule has 0 saturated carbocycles. The second kappa shape index (κ2) is 13.7. The molecule has 42 heavy (non-hydrogen) atoms. The van der Waals surface area contributed by atoms with Gasteiger partial charge in [0.25, 0.3) is 18.3 Å². The molecule has 2 aromatic heterocycles. The Hall–Kier alpha value is -4.88. The maximum atomic E-state index is 13.4. The average molecular weight is 583 g/mol. The van der Waals surface area contributed by atoms with Crippen LogP contribution in [0.5, 0.6) is 11.5 Å². The van der Waals surface area contributed by atoms with E-state index in [0.29, 0.717) is 55.6 Å². The SMILES string of the molecule is COc1ccc2cc1OCCN(C(=O)c1ncoc1C)CCCNC(=O)[C@H]1CN(C(=O)c3cn(C)cn3)C[C@H]21.O=CO. The molecule has 0 spiro atoms. The van der Waals surface area contributed by atoms with Gasteiger partial charge in [0.15, 0.2) is 23.6 Å². The van der Waals surface area contributed by atoms with Crippen LogP contribution in [0.4, 0.5) is 0 Å². The van der Waals surface area contributed by atoms with E-state index in [9.17, 15) is 14.4 Å². The van der Waals surface area contributed by atoms with E-state index in [1.165, 1.54) is 6.39 Å². The number of carbonyl (C=O) groups excluding carboxylic acids is 3. The number of likely N-dealkylation sites (tertiary alicyclic amines) is 1. The van der Waals surface area contributed by atoms with Crippen molar-refractivity contribution in [3.8, 4) is 11.5 Å². The van der Waals surface area contributed by atoms with Crippen LogP contribution in [0.25, 0.3) is 0 Å². The Morgan fingerprint density at radius 1 is 1.14 bits per heavy atom. The van der Waals surface area contributed by atoms with Gasteiger partial charge in [-0.1, -0.05) is 6.07 Å². The smallest absolute Gasteiger partial charge is 0.290 e. The van der Waals surface area contributed by atoms with E-state index in [0.717, 1.165) is 5.56 Å². The quantitative estimate of drug-likeness (QED) is 0.430. The molecule has 2 bridgehead atoms. The number of aryl methyl sites for hydroxylation is 2. The van der Waals surface area contributed by atoms with Crippen LogP contribution in [0.3, 0.4) is 0 Å². The van der Waals surface area contributed by atoms with Gasteiger partial charge < -0.3 is 38.7 Å². The third kappa shape index (κ3) is 6.70. The first kappa shape index (κ1) is 30.1. The Labute approximate surface area is 242 Å². The van der Waals surface area contributed by atoms with E-state index >= 15 is 0 Å². The summed E-state index contributed by atoms with van der Waals surface area (Å²) in [6.07, 6.45) is 5.04. The lowest BCUT2D eigenvalue weighted by Gasteiger charge is -2.24. The van der Waals surface area contributed by atoms with Crippen molar-refractivity contribution >= 4 is 24.2 Å². The van der Waals surface area contributed by atoms with Crippen molar-refractivity contribution in [2.75, 3.05) is 46.4 Å². The molecule has 14 nitrogen and oxygen atoms in total. The van der Waals surface area contributed by atoms with Crippen molar-refractivity contribution in [3.63, 3.8) is 0 Å². The van der Waals surface area contributed by atoms with E-state index in [-0.39, 0.29) is 49.0 Å². The standard InChI is InChI=1S/C27H32N6O6.CH2O2/c1-17-24(30-16-39-17)27(36)32-8-4-7-28-25(34)20-13-33(26(35)21-14-31(2)15-29-21)12-19(20)18-5-6-22(37-3)23(11-18)38-10-9-32;2-1-3/h5-6,11,14-16,19-20H,4,7-10,12-13H2,1-3H3,(H,28,34);1H,(H,2,3)/t19-,20+;/m1./s1. The molecule has 1 saturated heterocycles. The number of carbonyl (C=O) groups is 4. The summed E-state index contributed by atoms with van der Waals surface area (Å²) in [7, 11) is 3.36. The number of aromatic nitrogens is 3. The van der Waals surface area contributed by atoms with Crippen LogP contribution in [0.15, 0.2) is 41.5 Å². The molecule has 14 heteroatoms. The Morgan fingerprint density at radius 3 is 2.57 bits per heavy atom. The topological polar surface area (TPSA) is 169 Å². The van der Waals surface area contributed by atoms with Gasteiger partial charge in [-0.25, -0.2) is 9.97 Å². The summed E-state index contributed by atoms with van der Waals surface area (Å²) in [5, 5.41) is 9.91. The fourth-order valence-corrected chi connectivity index (χ4v) is 5.15. The fraction of sp³-hybridized carbons (Fsp3) is 0.429. The van der Waals surface area contributed by atoms with Gasteiger partial charge in [0, 0.05) is 45.3 Å². The number of imidazole rings is 1. The lowest BCUT2D eigenvalue weighted by molar-refractivity contribution is -0.125. The number of carboxylic acid groups (broad SMARTS) is 1. The summed E-state index contributed by atoms with van der Waals surface area (Å²) >= 11 is 0. The van der Waals surface area contributed by atoms with E-state index < -0.39 is 5.92 Å². The zero-order valence-corrected chi connectivity index (χ0v) is 23.7. The second-order valence-corrected chi connectivity index (χ2v) is 9.91. The molecule has 3 aromatic rings. The molecule has 5 rings (SSSR count). The van der Waals surface area contributed by atoms with Crippen LogP contribution in [0.1, 0.15) is 44.6 Å². The molecule has 2 aliphatic rings. The van der Waals surface area contributed by atoms with Crippen LogP contribution < -0.4 is 14.8 Å². The molecule has 2 N–H and O–H groups in total. The number of benzene rings is 1. The normalized spacial score (nSPS) is 18.9. The summed E-state index contributed by atoms with van der Waals surface area (Å²) in [4.78, 5) is 59.7. The molecule has 1 aromatic carbocycles. The Kier molecular flexibility index (Phi) is 9.78. The third-order valence-corrected chi connectivity index (χ3v) is 7.24. The van der Waals surface area contributed by atoms with Crippen LogP contribution >= 0.6 is 0 Å². The summed E-state index contributed by atoms with van der Waals surface area (Å²) in [5.41, 5.74) is 1.46. The lowest BCUT2D eigenvalue weighted by Crippen LogP contribution is -2.39. The highest BCUT2D eigenvalue weighted by Gasteiger charge is 2.41. The summed E-state index contributed by atoms with van der Waals surface area (Å²) in [6.45, 7) is 3.40. The van der Waals surface area contributed by atoms with Gasteiger partial charge in [0.2, 0.25) is 5.91 Å². The van der Waals surface area contributed by atoms with Crippen molar-refractivity contribution in [1.82, 2.24) is 29.7 Å². The maximum absolute atomic E-state index is 13.4. The van der Waals surface area contributed by atoms with Gasteiger partial charge in [-0.05, 0) is 31.0 Å². The van der Waals surface area contributed by atoms with Gasteiger partial charge in [-0.3, -0.25) is 19.2 Å². The number of nitrogens with zero attached hydrogens (tertiary/aromatic N) is 5. The third-order valence-electron chi connectivity index (χ3n) is 7.24. The summed E-state index contributed by atoms with van der Waals surface area (Å²) in [5.74, 6) is 0.179. The van der Waals surface area contributed by atoms with Crippen molar-refractivity contribution in [2.24, 2.45) is 13.0 Å². The average Bonchev–Trinajstić information content (AvgIpc) is 3.73. The van der Waals surface area contributed by atoms with E-state index in [4.69, 9.17) is 23.8 Å². The summed E-state index contributed by atoms with van der Waals surface area (Å²) in [6, 6.07) is 5.56. The Bertz CT molecular complexity index is 1420. The monoisotopic (exact) mass is 582 g/mol. The molecule has 2 atom stereocenters. The van der Waals surface area contributed by atoms with Crippen LogP contribution in [0, 0.1) is 12.8 Å². The Morgan fingerprint density at radius 2 is 1.90 bits per heavy atom. The van der Waals surface area contributed by atoms with Gasteiger partial charge in [0.1, 0.15) is 18.1 Å². The highest BCUT2D eigenvalue weighted by Crippen LogP contribution is 2.38. The molecular weight excluding hydrogens is 548 g/mol. The van der Waals surface area contributed by atoms with Gasteiger partial charge in [-0.2, -0.15) is 0 Å². The lowest BCUT2D eigenvalue weighted by atomic mass is 9.88. The molecule has 0 unspecified atom stereocenters. The minimum Gasteiger partial charge on any atom is -0.493 e. The number of amides is 3. The zero-order valence-electron chi connectivity index (χ0n) is 23.7. The number of methoxy groups -OCH3 is 1. The number of hydrogen-bond acceptors (Lipinski definition) is 9. The predicted molar refractivity (Wildman–Crippen MR) is 147 cm³/mol. The highest BCUT2D eigenvalue weighted by molar-refractivity contribution is 5.94. The second-order valence-electron chi connectivity index (χ2n) is 9.91. The molecule has 1 fully saturated rings. The minimum atomic E-state index is -0.461. The number of oxazole rings is 1. The first-order chi connectivity index (χ1) is 20.3. The molecule has 224 valence electrons. The van der Waals surface area contributed by atoms with Gasteiger partial charge >= 0.3 is 0 Å². The van der Waals surface area contributed by atoms with Crippen molar-refractivity contribution in [3.05, 3.63) is 59.8 Å². The molecule has 2 aliphatic heterocycles. The maximum Gasteiger partial charge on any atom is 0.290 e. The van der Waals surface area contributed by atoms with Crippen LogP contribution in [0.2, 0.25) is 0 Å². The molecule has 3 amide bonds. The molecular formula is C28H34N6O8. The minimum absolute atomic E-state index is 0.142. The number of hydrogen-bond donors (Lipinski definition) is 2. The van der Waals surface area contributed by atoms with E-state index in [2.05, 4.69) is 15.3 Å². The molecule has 4 heterocycles. The fourth-order valence-electron chi connectivity index (χ4n) is 5.15. The highest BCUT2D eigenvalue weighted by atomic mass is 16.5. The van der Waals surface area contributed by atoms with E-state index in [1.54, 1.807) is 54.0 Å². The molecule has 0 aliphatic carbocycles. The van der Waals surface area contributed by atoms with Crippen LogP contribution in [-0.4, -0.2) is 100 Å². The van der Waals surface area contributed by atoms with Gasteiger partial charge in [-0.15, -0.1) is 0 Å². The first-order valence-corrected chi connectivity index (χ1v) is 13.4. The van der Waals surface area contributed by atoms with E-state index in [1.807, 2.05) is 12.1 Å².